The highest BCUT2D eigenvalue weighted by atomic mass is 16.6. The Kier molecular flexibility index (Phi) is 15.0. The van der Waals surface area contributed by atoms with E-state index in [9.17, 15) is 19.2 Å². The van der Waals surface area contributed by atoms with Gasteiger partial charge in [-0.05, 0) is 121 Å². The number of nitrogens with zero attached hydrogens (tertiary/aromatic N) is 4. The average molecular weight is 708 g/mol. The summed E-state index contributed by atoms with van der Waals surface area (Å²) >= 11 is 0. The average Bonchev–Trinajstić information content (AvgIpc) is 3.52. The van der Waals surface area contributed by atoms with E-state index in [1.54, 1.807) is 41.5 Å². The van der Waals surface area contributed by atoms with Gasteiger partial charge >= 0.3 is 18.2 Å². The SMILES string of the molecule is CN(C1CCCC1)[C@@H](CC(=O)OC(C)(C)C)C(=O)N1CCCC[C@@H]1CCOC1CCN(C(=NC(=O)OC(C)(C)C)NC(=O)OC(C)(C)C)CC1. The topological polar surface area (TPSA) is 139 Å². The highest BCUT2D eigenvalue weighted by Gasteiger charge is 2.38. The highest BCUT2D eigenvalue weighted by Crippen LogP contribution is 2.29. The summed E-state index contributed by atoms with van der Waals surface area (Å²) in [5.41, 5.74) is -2.06. The molecule has 2 atom stereocenters. The third kappa shape index (κ3) is 14.4. The molecule has 2 heterocycles. The molecular formula is C37H65N5O8. The minimum atomic E-state index is -0.795. The van der Waals surface area contributed by atoms with Gasteiger partial charge in [0.1, 0.15) is 16.8 Å². The number of amides is 3. The number of hydrogen-bond donors (Lipinski definition) is 1. The van der Waals surface area contributed by atoms with Crippen LogP contribution in [0.25, 0.3) is 0 Å². The number of guanidine groups is 1. The van der Waals surface area contributed by atoms with Gasteiger partial charge < -0.3 is 28.7 Å². The van der Waals surface area contributed by atoms with Gasteiger partial charge in [0.05, 0.1) is 18.6 Å². The van der Waals surface area contributed by atoms with Gasteiger partial charge in [-0.25, -0.2) is 9.59 Å². The summed E-state index contributed by atoms with van der Waals surface area (Å²) in [4.78, 5) is 62.4. The Labute approximate surface area is 300 Å². The fourth-order valence-corrected chi connectivity index (χ4v) is 6.84. The number of rotatable bonds is 9. The number of likely N-dealkylation sites (N-methyl/N-ethyl adjacent to an activating group) is 1. The Balaban J connectivity index is 1.60. The first-order valence-electron chi connectivity index (χ1n) is 18.6. The third-order valence-electron chi connectivity index (χ3n) is 9.12. The van der Waals surface area contributed by atoms with Crippen molar-refractivity contribution in [2.75, 3.05) is 33.3 Å². The molecule has 1 N–H and O–H groups in total. The molecule has 0 bridgehead atoms. The number of carbonyl (C=O) groups is 4. The zero-order chi connectivity index (χ0) is 37.3. The fourth-order valence-electron chi connectivity index (χ4n) is 6.84. The number of piperidine rings is 2. The molecule has 3 rings (SSSR count). The van der Waals surface area contributed by atoms with Crippen molar-refractivity contribution in [3.63, 3.8) is 0 Å². The summed E-state index contributed by atoms with van der Waals surface area (Å²) in [6.45, 7) is 18.3. The predicted octanol–water partition coefficient (Wildman–Crippen LogP) is 6.03. The molecule has 3 aliphatic rings. The molecule has 50 heavy (non-hydrogen) atoms. The Morgan fingerprint density at radius 2 is 1.36 bits per heavy atom. The predicted molar refractivity (Wildman–Crippen MR) is 192 cm³/mol. The Morgan fingerprint density at radius 3 is 1.94 bits per heavy atom. The van der Waals surface area contributed by atoms with Gasteiger partial charge in [0.25, 0.3) is 0 Å². The number of carbonyl (C=O) groups excluding carboxylic acids is 4. The largest absolute Gasteiger partial charge is 0.460 e. The van der Waals surface area contributed by atoms with E-state index in [0.29, 0.717) is 45.5 Å². The second-order valence-corrected chi connectivity index (χ2v) is 17.0. The van der Waals surface area contributed by atoms with Crippen LogP contribution in [-0.4, -0.2) is 119 Å². The van der Waals surface area contributed by atoms with Crippen molar-refractivity contribution in [1.82, 2.24) is 20.0 Å². The van der Waals surface area contributed by atoms with Crippen LogP contribution in [0.2, 0.25) is 0 Å². The molecule has 0 aromatic rings. The zero-order valence-electron chi connectivity index (χ0n) is 32.5. The third-order valence-corrected chi connectivity index (χ3v) is 9.12. The first-order valence-corrected chi connectivity index (χ1v) is 18.6. The van der Waals surface area contributed by atoms with E-state index in [4.69, 9.17) is 18.9 Å². The fraction of sp³-hybridized carbons (Fsp3) is 0.865. The number of hydrogen-bond acceptors (Lipinski definition) is 9. The Hall–Kier alpha value is -2.93. The van der Waals surface area contributed by atoms with E-state index in [2.05, 4.69) is 15.2 Å². The van der Waals surface area contributed by atoms with E-state index in [1.165, 1.54) is 0 Å². The van der Waals surface area contributed by atoms with Crippen LogP contribution in [0.4, 0.5) is 9.59 Å². The van der Waals surface area contributed by atoms with Gasteiger partial charge in [-0.2, -0.15) is 0 Å². The van der Waals surface area contributed by atoms with Crippen molar-refractivity contribution in [2.24, 2.45) is 4.99 Å². The molecule has 3 amide bonds. The maximum absolute atomic E-state index is 14.2. The molecule has 3 fully saturated rings. The highest BCUT2D eigenvalue weighted by molar-refractivity contribution is 5.99. The first kappa shape index (κ1) is 41.5. The number of esters is 1. The zero-order valence-corrected chi connectivity index (χ0v) is 32.5. The number of ether oxygens (including phenoxy) is 4. The lowest BCUT2D eigenvalue weighted by molar-refractivity contribution is -0.160. The molecule has 0 aromatic carbocycles. The van der Waals surface area contributed by atoms with Crippen LogP contribution in [0, 0.1) is 0 Å². The van der Waals surface area contributed by atoms with E-state index in [1.807, 2.05) is 37.6 Å². The monoisotopic (exact) mass is 707 g/mol. The molecule has 286 valence electrons. The molecule has 0 unspecified atom stereocenters. The van der Waals surface area contributed by atoms with E-state index in [0.717, 1.165) is 44.9 Å². The van der Waals surface area contributed by atoms with Crippen LogP contribution in [-0.2, 0) is 28.5 Å². The molecule has 2 saturated heterocycles. The van der Waals surface area contributed by atoms with Gasteiger partial charge in [-0.15, -0.1) is 4.99 Å². The molecular weight excluding hydrogens is 642 g/mol. The first-order chi connectivity index (χ1) is 23.2. The van der Waals surface area contributed by atoms with Gasteiger partial charge in [-0.3, -0.25) is 19.8 Å². The summed E-state index contributed by atoms with van der Waals surface area (Å²) in [6, 6.07) is -0.220. The normalized spacial score (nSPS) is 20.9. The smallest absolute Gasteiger partial charge is 0.437 e. The number of aliphatic imine (C=N–C) groups is 1. The van der Waals surface area contributed by atoms with Crippen molar-refractivity contribution in [3.8, 4) is 0 Å². The van der Waals surface area contributed by atoms with E-state index in [-0.39, 0.29) is 42.4 Å². The minimum Gasteiger partial charge on any atom is -0.460 e. The quantitative estimate of drug-likeness (QED) is 0.131. The minimum absolute atomic E-state index is 0.0116. The van der Waals surface area contributed by atoms with Crippen LogP contribution in [0.3, 0.4) is 0 Å². The lowest BCUT2D eigenvalue weighted by Crippen LogP contribution is -2.55. The summed E-state index contributed by atoms with van der Waals surface area (Å²) in [5, 5.41) is 2.64. The van der Waals surface area contributed by atoms with Gasteiger partial charge in [0.15, 0.2) is 0 Å². The van der Waals surface area contributed by atoms with Crippen LogP contribution in [0.1, 0.15) is 133 Å². The molecule has 0 radical (unpaired) electrons. The van der Waals surface area contributed by atoms with Gasteiger partial charge in [0, 0.05) is 38.3 Å². The number of nitrogens with one attached hydrogen (secondary N) is 1. The lowest BCUT2D eigenvalue weighted by Gasteiger charge is -2.41. The lowest BCUT2D eigenvalue weighted by atomic mass is 9.97. The van der Waals surface area contributed by atoms with Gasteiger partial charge in [0.2, 0.25) is 11.9 Å². The van der Waals surface area contributed by atoms with Gasteiger partial charge in [-0.1, -0.05) is 12.8 Å². The molecule has 13 heteroatoms. The van der Waals surface area contributed by atoms with Crippen LogP contribution in [0.15, 0.2) is 4.99 Å². The van der Waals surface area contributed by atoms with Crippen molar-refractivity contribution in [3.05, 3.63) is 0 Å². The molecule has 13 nitrogen and oxygen atoms in total. The summed E-state index contributed by atoms with van der Waals surface area (Å²) < 4.78 is 22.8. The second-order valence-electron chi connectivity index (χ2n) is 17.0. The number of alkyl carbamates (subject to hydrolysis) is 1. The summed E-state index contributed by atoms with van der Waals surface area (Å²) in [7, 11) is 1.99. The van der Waals surface area contributed by atoms with E-state index < -0.39 is 35.0 Å². The van der Waals surface area contributed by atoms with Crippen molar-refractivity contribution in [2.45, 2.75) is 174 Å². The Morgan fingerprint density at radius 1 is 0.780 bits per heavy atom. The summed E-state index contributed by atoms with van der Waals surface area (Å²) in [6.07, 6.45) is 7.83. The van der Waals surface area contributed by atoms with Crippen molar-refractivity contribution >= 4 is 30.0 Å². The standard InChI is InChI=1S/C37H65N5O8/c1-35(2,3)48-30(43)25-29(40(10)26-15-11-12-16-26)31(44)42-21-14-13-17-27(42)20-24-47-28-18-22-41(23-19-28)32(38-33(45)49-36(4,5)6)39-34(46)50-37(7,8)9/h26-29H,11-25H2,1-10H3,(H,38,39,45,46)/t27-,29+/m1/s1. The van der Waals surface area contributed by atoms with Crippen LogP contribution in [0.5, 0.6) is 0 Å². The molecule has 2 aliphatic heterocycles. The Bertz CT molecular complexity index is 1170. The van der Waals surface area contributed by atoms with Crippen molar-refractivity contribution in [1.29, 1.82) is 0 Å². The molecule has 1 saturated carbocycles. The maximum Gasteiger partial charge on any atom is 0.437 e. The molecule has 0 spiro atoms. The van der Waals surface area contributed by atoms with Crippen molar-refractivity contribution < 1.29 is 38.1 Å². The van der Waals surface area contributed by atoms with Crippen LogP contribution < -0.4 is 5.32 Å². The van der Waals surface area contributed by atoms with E-state index >= 15 is 0 Å². The molecule has 1 aliphatic carbocycles. The molecule has 0 aromatic heterocycles. The van der Waals surface area contributed by atoms with Crippen LogP contribution >= 0.6 is 0 Å². The maximum atomic E-state index is 14.2. The summed E-state index contributed by atoms with van der Waals surface area (Å²) in [5.74, 6) is -0.242. The number of likely N-dealkylation sites (tertiary alicyclic amines) is 2. The second kappa shape index (κ2) is 18.0.